The average molecular weight is 339 g/mol. The third-order valence-corrected chi connectivity index (χ3v) is 5.63. The summed E-state index contributed by atoms with van der Waals surface area (Å²) in [4.78, 5) is 18.1. The van der Waals surface area contributed by atoms with E-state index in [1.807, 2.05) is 19.1 Å². The topological polar surface area (TPSA) is 96.7 Å². The van der Waals surface area contributed by atoms with Crippen LogP contribution in [-0.2, 0) is 0 Å². The molecule has 122 valence electrons. The van der Waals surface area contributed by atoms with Crippen LogP contribution in [0, 0.1) is 6.92 Å². The van der Waals surface area contributed by atoms with E-state index in [4.69, 9.17) is 5.73 Å². The van der Waals surface area contributed by atoms with Crippen molar-refractivity contribution in [3.63, 3.8) is 0 Å². The fourth-order valence-electron chi connectivity index (χ4n) is 3.04. The summed E-state index contributed by atoms with van der Waals surface area (Å²) in [6, 6.07) is 5.67. The summed E-state index contributed by atoms with van der Waals surface area (Å²) >= 11 is 1.78. The molecule has 7 heteroatoms. The van der Waals surface area contributed by atoms with Gasteiger partial charge in [-0.3, -0.25) is 9.89 Å². The van der Waals surface area contributed by atoms with Gasteiger partial charge in [-0.05, 0) is 42.4 Å². The van der Waals surface area contributed by atoms with Gasteiger partial charge in [-0.15, -0.1) is 11.8 Å². The molecule has 1 aromatic carbocycles. The fourth-order valence-corrected chi connectivity index (χ4v) is 4.32. The van der Waals surface area contributed by atoms with Crippen LogP contribution in [0.2, 0.25) is 0 Å². The summed E-state index contributed by atoms with van der Waals surface area (Å²) in [7, 11) is 0. The van der Waals surface area contributed by atoms with Crippen molar-refractivity contribution in [3.05, 3.63) is 47.3 Å². The van der Waals surface area contributed by atoms with Gasteiger partial charge in [0.25, 0.3) is 5.91 Å². The molecule has 3 aromatic rings. The Bertz CT molecular complexity index is 936. The molecule has 0 fully saturated rings. The molecule has 1 atom stereocenters. The summed E-state index contributed by atoms with van der Waals surface area (Å²) in [5.74, 6) is 0.851. The van der Waals surface area contributed by atoms with E-state index in [2.05, 4.69) is 20.5 Å². The Morgan fingerprint density at radius 3 is 3.17 bits per heavy atom. The van der Waals surface area contributed by atoms with Gasteiger partial charge in [-0.1, -0.05) is 6.07 Å². The summed E-state index contributed by atoms with van der Waals surface area (Å²) in [5, 5.41) is 10.5. The number of aromatic nitrogens is 3. The first kappa shape index (κ1) is 15.2. The molecule has 3 heterocycles. The Hall–Kier alpha value is -2.38. The molecule has 6 nitrogen and oxygen atoms in total. The number of anilines is 1. The molecule has 0 bridgehead atoms. The van der Waals surface area contributed by atoms with E-state index in [-0.39, 0.29) is 11.9 Å². The second-order valence-corrected chi connectivity index (χ2v) is 6.95. The molecule has 2 aromatic heterocycles. The van der Waals surface area contributed by atoms with Crippen LogP contribution in [0.3, 0.4) is 0 Å². The molecule has 0 spiro atoms. The van der Waals surface area contributed by atoms with E-state index in [0.29, 0.717) is 16.9 Å². The molecular weight excluding hydrogens is 322 g/mol. The van der Waals surface area contributed by atoms with Crippen LogP contribution >= 0.6 is 11.8 Å². The summed E-state index contributed by atoms with van der Waals surface area (Å²) in [5.41, 5.74) is 10.3. The van der Waals surface area contributed by atoms with Gasteiger partial charge in [0.15, 0.2) is 5.65 Å². The first-order chi connectivity index (χ1) is 11.6. The summed E-state index contributed by atoms with van der Waals surface area (Å²) in [6.07, 6.45) is 4.27. The van der Waals surface area contributed by atoms with E-state index < -0.39 is 0 Å². The number of nitrogens with one attached hydrogen (secondary N) is 2. The summed E-state index contributed by atoms with van der Waals surface area (Å²) in [6.45, 7) is 1.98. The molecule has 4 N–H and O–H groups in total. The van der Waals surface area contributed by atoms with Gasteiger partial charge >= 0.3 is 0 Å². The number of hydrogen-bond acceptors (Lipinski definition) is 5. The van der Waals surface area contributed by atoms with E-state index in [1.54, 1.807) is 30.2 Å². The number of amides is 1. The minimum absolute atomic E-state index is 0.0582. The number of pyridine rings is 1. The van der Waals surface area contributed by atoms with Crippen molar-refractivity contribution in [1.29, 1.82) is 0 Å². The maximum absolute atomic E-state index is 12.8. The number of nitrogens with two attached hydrogens (primary N) is 1. The average Bonchev–Trinajstić information content (AvgIpc) is 3.05. The van der Waals surface area contributed by atoms with Crippen molar-refractivity contribution in [3.8, 4) is 0 Å². The molecule has 0 saturated carbocycles. The third kappa shape index (κ3) is 2.46. The van der Waals surface area contributed by atoms with E-state index in [1.165, 1.54) is 0 Å². The van der Waals surface area contributed by atoms with Gasteiger partial charge in [0.05, 0.1) is 17.3 Å². The zero-order valence-corrected chi connectivity index (χ0v) is 14.0. The van der Waals surface area contributed by atoms with Crippen molar-refractivity contribution in [2.75, 3.05) is 11.1 Å². The zero-order valence-electron chi connectivity index (χ0n) is 13.2. The quantitative estimate of drug-likeness (QED) is 0.667. The Morgan fingerprint density at radius 2 is 2.29 bits per heavy atom. The minimum atomic E-state index is -0.135. The fraction of sp³-hybridized carbons (Fsp3) is 0.235. The van der Waals surface area contributed by atoms with E-state index >= 15 is 0 Å². The predicted octanol–water partition coefficient (Wildman–Crippen LogP) is 3.01. The lowest BCUT2D eigenvalue weighted by Gasteiger charge is -2.24. The zero-order chi connectivity index (χ0) is 16.7. The van der Waals surface area contributed by atoms with Crippen LogP contribution in [0.15, 0.2) is 35.5 Å². The molecule has 4 rings (SSSR count). The number of rotatable bonds is 2. The van der Waals surface area contributed by atoms with Crippen LogP contribution in [-0.4, -0.2) is 26.8 Å². The molecule has 0 unspecified atom stereocenters. The monoisotopic (exact) mass is 339 g/mol. The Kier molecular flexibility index (Phi) is 3.74. The maximum Gasteiger partial charge on any atom is 0.255 e. The number of benzene rings is 1. The molecule has 24 heavy (non-hydrogen) atoms. The highest BCUT2D eigenvalue weighted by molar-refractivity contribution is 7.99. The standard InChI is InChI=1S/C17H17N5OS/c1-9-10(2-3-11-13(18)5-7-24-15(9)11)17(23)21-14-4-6-19-16-12(14)8-20-22-16/h2-4,6,8,13H,5,7,18H2,1H3,(H2,19,20,21,22,23)/t13-/m0/s1. The van der Waals surface area contributed by atoms with Gasteiger partial charge in [0.2, 0.25) is 0 Å². The van der Waals surface area contributed by atoms with Gasteiger partial charge in [0.1, 0.15) is 0 Å². The number of nitrogens with zero attached hydrogens (tertiary/aromatic N) is 2. The van der Waals surface area contributed by atoms with Gasteiger partial charge in [-0.25, -0.2) is 4.98 Å². The van der Waals surface area contributed by atoms with Crippen molar-refractivity contribution >= 4 is 34.4 Å². The first-order valence-electron chi connectivity index (χ1n) is 7.76. The van der Waals surface area contributed by atoms with Crippen molar-refractivity contribution in [1.82, 2.24) is 15.2 Å². The molecule has 0 saturated heterocycles. The second-order valence-electron chi connectivity index (χ2n) is 5.85. The Labute approximate surface area is 143 Å². The minimum Gasteiger partial charge on any atom is -0.324 e. The number of hydrogen-bond donors (Lipinski definition) is 3. The van der Waals surface area contributed by atoms with Crippen molar-refractivity contribution < 1.29 is 4.79 Å². The Morgan fingerprint density at radius 1 is 1.42 bits per heavy atom. The molecular formula is C17H17N5OS. The number of fused-ring (bicyclic) bond motifs is 2. The number of carbonyl (C=O) groups excluding carboxylic acids is 1. The highest BCUT2D eigenvalue weighted by Gasteiger charge is 2.22. The molecule has 0 aliphatic carbocycles. The predicted molar refractivity (Wildman–Crippen MR) is 95.3 cm³/mol. The lowest BCUT2D eigenvalue weighted by molar-refractivity contribution is 0.102. The van der Waals surface area contributed by atoms with E-state index in [9.17, 15) is 4.79 Å². The number of aromatic amines is 1. The van der Waals surface area contributed by atoms with Gasteiger partial charge in [-0.2, -0.15) is 5.10 Å². The largest absolute Gasteiger partial charge is 0.324 e. The highest BCUT2D eigenvalue weighted by atomic mass is 32.2. The third-order valence-electron chi connectivity index (χ3n) is 4.36. The number of carbonyl (C=O) groups is 1. The first-order valence-corrected chi connectivity index (χ1v) is 8.75. The number of H-pyrrole nitrogens is 1. The van der Waals surface area contributed by atoms with Crippen molar-refractivity contribution in [2.45, 2.75) is 24.3 Å². The lowest BCUT2D eigenvalue weighted by Crippen LogP contribution is -2.19. The summed E-state index contributed by atoms with van der Waals surface area (Å²) < 4.78 is 0. The van der Waals surface area contributed by atoms with Crippen LogP contribution in [0.4, 0.5) is 5.69 Å². The number of thioether (sulfide) groups is 1. The normalized spacial score (nSPS) is 16.8. The highest BCUT2D eigenvalue weighted by Crippen LogP contribution is 2.38. The van der Waals surface area contributed by atoms with Crippen molar-refractivity contribution in [2.24, 2.45) is 5.73 Å². The van der Waals surface area contributed by atoms with Gasteiger partial charge in [0, 0.05) is 22.7 Å². The maximum atomic E-state index is 12.8. The molecule has 1 aliphatic rings. The molecule has 1 amide bonds. The second kappa shape index (κ2) is 5.92. The van der Waals surface area contributed by atoms with Gasteiger partial charge < -0.3 is 11.1 Å². The van der Waals surface area contributed by atoms with Crippen LogP contribution in [0.1, 0.15) is 33.9 Å². The molecule has 0 radical (unpaired) electrons. The van der Waals surface area contributed by atoms with E-state index in [0.717, 1.165) is 33.6 Å². The van der Waals surface area contributed by atoms with Crippen LogP contribution in [0.25, 0.3) is 11.0 Å². The molecule has 1 aliphatic heterocycles. The lowest BCUT2D eigenvalue weighted by atomic mass is 9.98. The van der Waals surface area contributed by atoms with Crippen LogP contribution < -0.4 is 11.1 Å². The van der Waals surface area contributed by atoms with Crippen LogP contribution in [0.5, 0.6) is 0 Å². The Balaban J connectivity index is 1.69. The smallest absolute Gasteiger partial charge is 0.255 e. The SMILES string of the molecule is Cc1c(C(=O)Nc2ccnc3[nH]ncc23)ccc2c1SCC[C@@H]2N.